The Morgan fingerprint density at radius 1 is 1.00 bits per heavy atom. The van der Waals surface area contributed by atoms with E-state index in [4.69, 9.17) is 0 Å². The van der Waals surface area contributed by atoms with Crippen LogP contribution in [0.5, 0.6) is 0 Å². The Balaban J connectivity index is 1.28. The van der Waals surface area contributed by atoms with Crippen molar-refractivity contribution in [1.82, 2.24) is 19.6 Å². The number of fused-ring (bicyclic) bond motifs is 1. The van der Waals surface area contributed by atoms with E-state index in [1.807, 2.05) is 42.5 Å². The first-order valence-electron chi connectivity index (χ1n) is 9.95. The Labute approximate surface area is 168 Å². The van der Waals surface area contributed by atoms with E-state index in [9.17, 15) is 14.4 Å². The number of allylic oxidation sites excluding steroid dienone is 2. The van der Waals surface area contributed by atoms with E-state index in [2.05, 4.69) is 5.10 Å². The van der Waals surface area contributed by atoms with Crippen molar-refractivity contribution in [3.05, 3.63) is 54.2 Å². The summed E-state index contributed by atoms with van der Waals surface area (Å²) in [5.41, 5.74) is 2.20. The third-order valence-corrected chi connectivity index (χ3v) is 6.22. The number of carbonyl (C=O) groups is 3. The third-order valence-electron chi connectivity index (χ3n) is 6.22. The molecule has 3 heterocycles. The summed E-state index contributed by atoms with van der Waals surface area (Å²) in [6.45, 7) is 0.768. The number of rotatable bonds is 3. The Morgan fingerprint density at radius 3 is 2.24 bits per heavy atom. The van der Waals surface area contributed by atoms with Gasteiger partial charge in [0.2, 0.25) is 11.8 Å². The molecule has 0 spiro atoms. The molecule has 2 atom stereocenters. The molecule has 0 unspecified atom stereocenters. The summed E-state index contributed by atoms with van der Waals surface area (Å²) in [6, 6.07) is 11.3. The summed E-state index contributed by atoms with van der Waals surface area (Å²) in [4.78, 5) is 41.4. The minimum Gasteiger partial charge on any atom is -0.333 e. The van der Waals surface area contributed by atoms with Gasteiger partial charge in [-0.05, 0) is 18.9 Å². The van der Waals surface area contributed by atoms with Crippen molar-refractivity contribution >= 4 is 17.7 Å². The number of hydrogen-bond acceptors (Lipinski definition) is 4. The fraction of sp³-hybridized carbons (Fsp3) is 0.364. The van der Waals surface area contributed by atoms with E-state index < -0.39 is 0 Å². The van der Waals surface area contributed by atoms with Crippen molar-refractivity contribution in [2.75, 3.05) is 13.1 Å². The number of carbonyl (C=O) groups excluding carboxylic acids is 3. The molecule has 2 aromatic rings. The van der Waals surface area contributed by atoms with Gasteiger partial charge in [-0.2, -0.15) is 5.10 Å². The topological polar surface area (TPSA) is 75.5 Å². The van der Waals surface area contributed by atoms with Gasteiger partial charge in [0.05, 0.1) is 23.6 Å². The highest BCUT2D eigenvalue weighted by atomic mass is 16.2. The van der Waals surface area contributed by atoms with Gasteiger partial charge in [0.25, 0.3) is 5.91 Å². The second-order valence-electron chi connectivity index (χ2n) is 7.97. The van der Waals surface area contributed by atoms with Crippen molar-refractivity contribution in [3.8, 4) is 11.3 Å². The number of hydrogen-bond donors (Lipinski definition) is 0. The first-order chi connectivity index (χ1) is 14.0. The van der Waals surface area contributed by atoms with E-state index in [0.29, 0.717) is 31.6 Å². The molecule has 29 heavy (non-hydrogen) atoms. The first kappa shape index (κ1) is 17.8. The predicted molar refractivity (Wildman–Crippen MR) is 106 cm³/mol. The highest BCUT2D eigenvalue weighted by Gasteiger charge is 2.52. The van der Waals surface area contributed by atoms with Gasteiger partial charge in [0.1, 0.15) is 5.69 Å². The number of aromatic nitrogens is 2. The molecule has 2 saturated heterocycles. The molecule has 0 N–H and O–H groups in total. The van der Waals surface area contributed by atoms with Gasteiger partial charge in [-0.25, -0.2) is 0 Å². The number of nitrogens with zero attached hydrogens (tertiary/aromatic N) is 4. The summed E-state index contributed by atoms with van der Waals surface area (Å²) in [6.07, 6.45) is 5.25. The standard InChI is InChI=1S/C22H22N4O3/c1-24-19(11-18(23-24)14-7-3-2-4-8-14)22(29)25-12-15(13-25)26-20(27)16-9-5-6-10-17(16)21(26)28/h2-8,11,15-17H,9-10,12-13H2,1H3/t16-,17+. The molecule has 5 rings (SSSR count). The maximum Gasteiger partial charge on any atom is 0.272 e. The summed E-state index contributed by atoms with van der Waals surface area (Å²) in [5.74, 6) is -0.719. The Hall–Kier alpha value is -3.22. The summed E-state index contributed by atoms with van der Waals surface area (Å²) < 4.78 is 1.59. The van der Waals surface area contributed by atoms with Crippen molar-refractivity contribution in [2.24, 2.45) is 18.9 Å². The van der Waals surface area contributed by atoms with Crippen molar-refractivity contribution in [2.45, 2.75) is 18.9 Å². The molecular formula is C22H22N4O3. The largest absolute Gasteiger partial charge is 0.333 e. The second kappa shape index (κ2) is 6.69. The van der Waals surface area contributed by atoms with Gasteiger partial charge in [-0.3, -0.25) is 24.0 Å². The maximum atomic E-state index is 12.9. The van der Waals surface area contributed by atoms with Gasteiger partial charge in [-0.1, -0.05) is 42.5 Å². The lowest BCUT2D eigenvalue weighted by molar-refractivity contribution is -0.145. The van der Waals surface area contributed by atoms with Crippen LogP contribution in [0.4, 0.5) is 0 Å². The lowest BCUT2D eigenvalue weighted by Gasteiger charge is -2.43. The van der Waals surface area contributed by atoms with Gasteiger partial charge >= 0.3 is 0 Å². The SMILES string of the molecule is Cn1nc(-c2ccccc2)cc1C(=O)N1CC(N2C(=O)[C@H]3CC=CC[C@H]3C2=O)C1. The van der Waals surface area contributed by atoms with Gasteiger partial charge < -0.3 is 4.90 Å². The molecule has 7 heteroatoms. The molecule has 3 aliphatic rings. The summed E-state index contributed by atoms with van der Waals surface area (Å²) >= 11 is 0. The predicted octanol–water partition coefficient (Wildman–Crippen LogP) is 1.86. The average molecular weight is 390 g/mol. The summed E-state index contributed by atoms with van der Waals surface area (Å²) in [7, 11) is 1.75. The van der Waals surface area contributed by atoms with E-state index >= 15 is 0 Å². The van der Waals surface area contributed by atoms with Crippen LogP contribution >= 0.6 is 0 Å². The lowest BCUT2D eigenvalue weighted by atomic mass is 9.85. The van der Waals surface area contributed by atoms with Crippen LogP contribution in [-0.4, -0.2) is 56.4 Å². The number of imide groups is 1. The maximum absolute atomic E-state index is 12.9. The minimum atomic E-state index is -0.220. The molecule has 1 aromatic heterocycles. The highest BCUT2D eigenvalue weighted by Crippen LogP contribution is 2.37. The smallest absolute Gasteiger partial charge is 0.272 e. The van der Waals surface area contributed by atoms with Crippen molar-refractivity contribution in [3.63, 3.8) is 0 Å². The van der Waals surface area contributed by atoms with Crippen molar-refractivity contribution < 1.29 is 14.4 Å². The van der Waals surface area contributed by atoms with E-state index in [-0.39, 0.29) is 35.6 Å². The average Bonchev–Trinajstić information content (AvgIpc) is 3.21. The van der Waals surface area contributed by atoms with Crippen LogP contribution in [0.25, 0.3) is 11.3 Å². The van der Waals surface area contributed by atoms with E-state index in [1.54, 1.807) is 22.7 Å². The van der Waals surface area contributed by atoms with Crippen LogP contribution in [0.15, 0.2) is 48.6 Å². The normalized spacial score (nSPS) is 24.0. The van der Waals surface area contributed by atoms with Crippen LogP contribution in [0.1, 0.15) is 23.3 Å². The second-order valence-corrected chi connectivity index (χ2v) is 7.97. The molecule has 2 aliphatic heterocycles. The van der Waals surface area contributed by atoms with Crippen LogP contribution in [0, 0.1) is 11.8 Å². The molecule has 1 aliphatic carbocycles. The van der Waals surface area contributed by atoms with E-state index in [1.165, 1.54) is 4.90 Å². The van der Waals surface area contributed by atoms with E-state index in [0.717, 1.165) is 11.3 Å². The molecule has 148 valence electrons. The number of likely N-dealkylation sites (tertiary alicyclic amines) is 2. The minimum absolute atomic E-state index is 0.0756. The van der Waals surface area contributed by atoms with Crippen LogP contribution in [0.3, 0.4) is 0 Å². The number of amides is 3. The van der Waals surface area contributed by atoms with Gasteiger partial charge in [0, 0.05) is 25.7 Å². The molecule has 0 saturated carbocycles. The van der Waals surface area contributed by atoms with Crippen LogP contribution in [-0.2, 0) is 16.6 Å². The quantitative estimate of drug-likeness (QED) is 0.592. The Bertz CT molecular complexity index is 994. The Morgan fingerprint density at radius 2 is 1.62 bits per heavy atom. The zero-order valence-electron chi connectivity index (χ0n) is 16.2. The van der Waals surface area contributed by atoms with Crippen LogP contribution in [0.2, 0.25) is 0 Å². The molecule has 7 nitrogen and oxygen atoms in total. The van der Waals surface area contributed by atoms with Crippen molar-refractivity contribution in [1.29, 1.82) is 0 Å². The molecule has 0 bridgehead atoms. The molecule has 0 radical (unpaired) electrons. The van der Waals surface area contributed by atoms with Crippen LogP contribution < -0.4 is 0 Å². The fourth-order valence-corrected chi connectivity index (χ4v) is 4.55. The third kappa shape index (κ3) is 2.80. The first-order valence-corrected chi connectivity index (χ1v) is 9.95. The monoisotopic (exact) mass is 390 g/mol. The highest BCUT2D eigenvalue weighted by molar-refractivity contribution is 6.06. The molecule has 2 fully saturated rings. The number of aryl methyl sites for hydroxylation is 1. The molecule has 1 aromatic carbocycles. The summed E-state index contributed by atoms with van der Waals surface area (Å²) in [5, 5.41) is 4.46. The lowest BCUT2D eigenvalue weighted by Crippen LogP contribution is -2.62. The zero-order valence-corrected chi connectivity index (χ0v) is 16.2. The number of benzene rings is 1. The Kier molecular flexibility index (Phi) is 4.12. The molecule has 3 amide bonds. The fourth-order valence-electron chi connectivity index (χ4n) is 4.55. The van der Waals surface area contributed by atoms with Gasteiger partial charge in [-0.15, -0.1) is 0 Å². The zero-order chi connectivity index (χ0) is 20.1. The molecular weight excluding hydrogens is 368 g/mol. The van der Waals surface area contributed by atoms with Gasteiger partial charge in [0.15, 0.2) is 0 Å².